The smallest absolute Gasteiger partial charge is 0.226 e. The Morgan fingerprint density at radius 2 is 1.88 bits per heavy atom. The van der Waals surface area contributed by atoms with E-state index in [2.05, 4.69) is 16.9 Å². The van der Waals surface area contributed by atoms with Crippen LogP contribution in [-0.2, 0) is 19.6 Å². The number of hydrogen-bond donors (Lipinski definition) is 1. The van der Waals surface area contributed by atoms with Crippen molar-refractivity contribution < 1.29 is 22.7 Å². The van der Waals surface area contributed by atoms with Gasteiger partial charge in [0.2, 0.25) is 15.9 Å². The van der Waals surface area contributed by atoms with E-state index in [0.717, 1.165) is 57.1 Å². The minimum atomic E-state index is -3.35. The second-order valence-electron chi connectivity index (χ2n) is 9.60. The van der Waals surface area contributed by atoms with E-state index in [9.17, 15) is 13.2 Å². The molecule has 1 amide bonds. The first-order chi connectivity index (χ1) is 15.3. The van der Waals surface area contributed by atoms with E-state index < -0.39 is 10.0 Å². The summed E-state index contributed by atoms with van der Waals surface area (Å²) in [5.74, 6) is 1.68. The van der Waals surface area contributed by atoms with Crippen molar-refractivity contribution in [2.24, 2.45) is 5.92 Å². The zero-order valence-corrected chi connectivity index (χ0v) is 20.0. The van der Waals surface area contributed by atoms with Gasteiger partial charge in [0.1, 0.15) is 5.75 Å². The van der Waals surface area contributed by atoms with Gasteiger partial charge in [-0.15, -0.1) is 0 Å². The molecule has 1 aliphatic heterocycles. The van der Waals surface area contributed by atoms with Gasteiger partial charge in [-0.2, -0.15) is 0 Å². The molecular weight excluding hydrogens is 428 g/mol. The highest BCUT2D eigenvalue weighted by molar-refractivity contribution is 7.88. The number of sulfonamides is 1. The average molecular weight is 465 g/mol. The van der Waals surface area contributed by atoms with Crippen molar-refractivity contribution >= 4 is 15.9 Å². The van der Waals surface area contributed by atoms with Gasteiger partial charge in [-0.3, -0.25) is 4.79 Å². The third-order valence-corrected chi connectivity index (χ3v) is 7.83. The van der Waals surface area contributed by atoms with E-state index in [1.54, 1.807) is 7.11 Å². The van der Waals surface area contributed by atoms with Gasteiger partial charge in [0.05, 0.1) is 32.1 Å². The van der Waals surface area contributed by atoms with Crippen molar-refractivity contribution in [1.82, 2.24) is 9.62 Å². The Balaban J connectivity index is 1.35. The molecule has 0 radical (unpaired) electrons. The number of benzene rings is 1. The second kappa shape index (κ2) is 10.1. The number of nitrogens with zero attached hydrogens (tertiary/aromatic N) is 1. The molecule has 0 bridgehead atoms. The summed E-state index contributed by atoms with van der Waals surface area (Å²) >= 11 is 0. The first-order valence-electron chi connectivity index (χ1n) is 11.9. The summed E-state index contributed by atoms with van der Waals surface area (Å²) < 4.78 is 38.3. The summed E-state index contributed by atoms with van der Waals surface area (Å²) in [6, 6.07) is 7.78. The van der Waals surface area contributed by atoms with Crippen LogP contribution in [0.15, 0.2) is 24.3 Å². The van der Waals surface area contributed by atoms with Crippen LogP contribution in [-0.4, -0.2) is 63.9 Å². The maximum atomic E-state index is 12.9. The van der Waals surface area contributed by atoms with Crippen LogP contribution in [0.2, 0.25) is 0 Å². The molecule has 1 saturated heterocycles. The molecule has 1 aromatic rings. The molecule has 8 heteroatoms. The summed E-state index contributed by atoms with van der Waals surface area (Å²) in [6.07, 6.45) is 8.82. The number of carbonyl (C=O) groups excluding carboxylic acids is 1. The summed E-state index contributed by atoms with van der Waals surface area (Å²) in [7, 11) is -1.66. The summed E-state index contributed by atoms with van der Waals surface area (Å²) in [5, 5.41) is 0. The molecule has 3 aliphatic rings. The van der Waals surface area contributed by atoms with Crippen molar-refractivity contribution in [3.05, 3.63) is 29.8 Å². The highest BCUT2D eigenvalue weighted by atomic mass is 32.2. The predicted octanol–water partition coefficient (Wildman–Crippen LogP) is 3.06. The molecule has 3 fully saturated rings. The third-order valence-electron chi connectivity index (χ3n) is 7.10. The Morgan fingerprint density at radius 3 is 2.53 bits per heavy atom. The maximum absolute atomic E-state index is 12.9. The minimum Gasteiger partial charge on any atom is -0.497 e. The van der Waals surface area contributed by atoms with E-state index in [1.807, 2.05) is 17.0 Å². The van der Waals surface area contributed by atoms with Crippen LogP contribution in [0.4, 0.5) is 0 Å². The molecule has 1 N–H and O–H groups in total. The molecule has 0 spiro atoms. The van der Waals surface area contributed by atoms with Crippen LogP contribution in [0.1, 0.15) is 62.8 Å². The number of methoxy groups -OCH3 is 1. The Morgan fingerprint density at radius 1 is 1.12 bits per heavy atom. The summed E-state index contributed by atoms with van der Waals surface area (Å²) in [4.78, 5) is 14.8. The Bertz CT molecular complexity index is 893. The van der Waals surface area contributed by atoms with Crippen LogP contribution in [0.3, 0.4) is 0 Å². The van der Waals surface area contributed by atoms with Gasteiger partial charge in [-0.1, -0.05) is 12.1 Å². The number of hydrogen-bond acceptors (Lipinski definition) is 5. The lowest BCUT2D eigenvalue weighted by Gasteiger charge is -2.42. The maximum Gasteiger partial charge on any atom is 0.226 e. The van der Waals surface area contributed by atoms with E-state index in [-0.39, 0.29) is 30.0 Å². The molecule has 32 heavy (non-hydrogen) atoms. The molecule has 2 atom stereocenters. The van der Waals surface area contributed by atoms with Gasteiger partial charge in [0.15, 0.2) is 0 Å². The van der Waals surface area contributed by atoms with Crippen molar-refractivity contribution in [1.29, 1.82) is 0 Å². The summed E-state index contributed by atoms with van der Waals surface area (Å²) in [5.41, 5.74) is 1.31. The first-order valence-corrected chi connectivity index (χ1v) is 13.8. The number of nitrogens with one attached hydrogen (secondary N) is 1. The van der Waals surface area contributed by atoms with E-state index in [4.69, 9.17) is 9.47 Å². The normalized spacial score (nSPS) is 29.0. The molecule has 0 unspecified atom stereocenters. The lowest BCUT2D eigenvalue weighted by Crippen LogP contribution is -2.59. The fraction of sp³-hybridized carbons (Fsp3) is 0.708. The first kappa shape index (κ1) is 23.5. The van der Waals surface area contributed by atoms with Crippen molar-refractivity contribution in [3.63, 3.8) is 0 Å². The lowest BCUT2D eigenvalue weighted by atomic mass is 9.82. The second-order valence-corrected chi connectivity index (χ2v) is 11.4. The van der Waals surface area contributed by atoms with E-state index in [0.29, 0.717) is 19.1 Å². The number of ether oxygens (including phenoxy) is 2. The Hall–Kier alpha value is -1.64. The van der Waals surface area contributed by atoms with Crippen molar-refractivity contribution in [2.75, 3.05) is 26.5 Å². The predicted molar refractivity (Wildman–Crippen MR) is 123 cm³/mol. The van der Waals surface area contributed by atoms with Crippen molar-refractivity contribution in [3.8, 4) is 5.75 Å². The zero-order valence-electron chi connectivity index (χ0n) is 19.2. The molecular formula is C24H36N2O5S. The quantitative estimate of drug-likeness (QED) is 0.639. The SMILES string of the molecule is COc1cccc(C2CCC(OC[C@H]3[C@@H](NS(C)(=O)=O)CCCN3C(=O)C3CC3)CC2)c1. The molecule has 1 aromatic carbocycles. The largest absolute Gasteiger partial charge is 0.497 e. The molecule has 7 nitrogen and oxygen atoms in total. The van der Waals surface area contributed by atoms with Gasteiger partial charge >= 0.3 is 0 Å². The van der Waals surface area contributed by atoms with Gasteiger partial charge in [-0.05, 0) is 75.0 Å². The van der Waals surface area contributed by atoms with Gasteiger partial charge < -0.3 is 14.4 Å². The molecule has 2 aliphatic carbocycles. The average Bonchev–Trinajstić information content (AvgIpc) is 3.62. The lowest BCUT2D eigenvalue weighted by molar-refractivity contribution is -0.139. The van der Waals surface area contributed by atoms with Crippen LogP contribution in [0.25, 0.3) is 0 Å². The molecule has 178 valence electrons. The topological polar surface area (TPSA) is 84.9 Å². The number of rotatable bonds is 8. The fourth-order valence-corrected chi connectivity index (χ4v) is 6.03. The zero-order chi connectivity index (χ0) is 22.7. The third kappa shape index (κ3) is 6.02. The molecule has 1 heterocycles. The van der Waals surface area contributed by atoms with E-state index in [1.165, 1.54) is 11.8 Å². The highest BCUT2D eigenvalue weighted by Gasteiger charge is 2.41. The van der Waals surface area contributed by atoms with E-state index >= 15 is 0 Å². The fourth-order valence-electron chi connectivity index (χ4n) is 5.21. The summed E-state index contributed by atoms with van der Waals surface area (Å²) in [6.45, 7) is 1.08. The standard InChI is InChI=1S/C24H36N2O5S/c1-30-21-6-3-5-19(15-21)17-10-12-20(13-11-17)31-16-23-22(25-32(2,28)29)7-4-14-26(23)24(27)18-8-9-18/h3,5-6,15,17-18,20,22-23,25H,4,7-14,16H2,1-2H3/t17?,20?,22-,23-/m0/s1. The number of carbonyl (C=O) groups is 1. The number of amides is 1. The number of likely N-dealkylation sites (tertiary alicyclic amines) is 1. The Labute approximate surface area is 191 Å². The highest BCUT2D eigenvalue weighted by Crippen LogP contribution is 2.36. The minimum absolute atomic E-state index is 0.118. The molecule has 2 saturated carbocycles. The van der Waals surface area contributed by atoms with Gasteiger partial charge in [-0.25, -0.2) is 13.1 Å². The molecule has 4 rings (SSSR count). The Kier molecular flexibility index (Phi) is 7.42. The van der Waals surface area contributed by atoms with Gasteiger partial charge in [0, 0.05) is 18.5 Å². The van der Waals surface area contributed by atoms with Crippen LogP contribution >= 0.6 is 0 Å². The molecule has 0 aromatic heterocycles. The van der Waals surface area contributed by atoms with Crippen LogP contribution in [0.5, 0.6) is 5.75 Å². The van der Waals surface area contributed by atoms with Crippen LogP contribution in [0, 0.1) is 5.92 Å². The number of piperidine rings is 1. The van der Waals surface area contributed by atoms with Crippen LogP contribution < -0.4 is 9.46 Å². The monoisotopic (exact) mass is 464 g/mol. The van der Waals surface area contributed by atoms with Crippen molar-refractivity contribution in [2.45, 2.75) is 75.5 Å². The van der Waals surface area contributed by atoms with Gasteiger partial charge in [0.25, 0.3) is 0 Å².